The van der Waals surface area contributed by atoms with E-state index in [9.17, 15) is 4.79 Å². The maximum atomic E-state index is 14.4. The molecule has 1 heterocycles. The molecule has 1 amide bonds. The number of hydrogen-bond donors (Lipinski definition) is 3. The molecule has 4 aromatic rings. The normalized spacial score (nSPS) is 17.1. The second kappa shape index (κ2) is 17.0. The summed E-state index contributed by atoms with van der Waals surface area (Å²) in [5.41, 5.74) is 8.29. The molecular formula is C38H40BrN3O6. The number of carbonyl (C=O) groups is 1. The van der Waals surface area contributed by atoms with Gasteiger partial charge in [-0.1, -0.05) is 76.6 Å². The summed E-state index contributed by atoms with van der Waals surface area (Å²) in [6.45, 7) is 0.943. The molecule has 0 aromatic heterocycles. The van der Waals surface area contributed by atoms with Gasteiger partial charge in [0.05, 0.1) is 20.8 Å². The highest BCUT2D eigenvalue weighted by atomic mass is 79.9. The topological polar surface area (TPSA) is 111 Å². The summed E-state index contributed by atoms with van der Waals surface area (Å²) < 4.78 is 24.0. The van der Waals surface area contributed by atoms with E-state index in [-0.39, 0.29) is 18.9 Å². The lowest BCUT2D eigenvalue weighted by molar-refractivity contribution is -0.129. The van der Waals surface area contributed by atoms with Crippen molar-refractivity contribution in [1.29, 1.82) is 0 Å². The molecule has 5 rings (SSSR count). The van der Waals surface area contributed by atoms with Crippen LogP contribution in [0.25, 0.3) is 6.08 Å². The molecule has 0 bridgehead atoms. The van der Waals surface area contributed by atoms with E-state index >= 15 is 0 Å². The number of halogens is 1. The first kappa shape index (κ1) is 34.7. The van der Waals surface area contributed by atoms with Gasteiger partial charge in [0.15, 0.2) is 23.1 Å². The Morgan fingerprint density at radius 3 is 2.44 bits per heavy atom. The van der Waals surface area contributed by atoms with E-state index in [0.29, 0.717) is 49.1 Å². The minimum Gasteiger partial charge on any atom is -0.494 e. The van der Waals surface area contributed by atoms with Crippen LogP contribution in [0.2, 0.25) is 0 Å². The Bertz CT molecular complexity index is 1700. The molecule has 0 spiro atoms. The summed E-state index contributed by atoms with van der Waals surface area (Å²) in [5, 5.41) is 9.08. The zero-order chi connectivity index (χ0) is 33.8. The molecule has 0 fully saturated rings. The first-order valence-corrected chi connectivity index (χ1v) is 16.6. The number of amides is 1. The third-order valence-corrected chi connectivity index (χ3v) is 8.46. The van der Waals surface area contributed by atoms with Crippen LogP contribution < -0.4 is 25.1 Å². The Balaban J connectivity index is 1.43. The Kier molecular flexibility index (Phi) is 12.3. The van der Waals surface area contributed by atoms with Crippen molar-refractivity contribution < 1.29 is 28.8 Å². The summed E-state index contributed by atoms with van der Waals surface area (Å²) >= 11 is 3.52. The minimum atomic E-state index is -1.33. The van der Waals surface area contributed by atoms with Gasteiger partial charge in [0, 0.05) is 36.0 Å². The SMILES string of the molecule is COc1ccc(CCNNC(=O)[C@@]2(C/C=C/c3ccccc3)N=C(c3ccc(OCCCO)cc3)O[C@H]2c2ccc(Br)cc2)cc1OC. The number of aliphatic hydroxyl groups excluding tert-OH is 1. The number of ether oxygens (including phenoxy) is 4. The van der Waals surface area contributed by atoms with Gasteiger partial charge in [-0.05, 0) is 71.6 Å². The number of carbonyl (C=O) groups excluding carboxylic acids is 1. The minimum absolute atomic E-state index is 0.0636. The third-order valence-electron chi connectivity index (χ3n) is 7.93. The Hall–Kier alpha value is -4.64. The molecule has 2 atom stereocenters. The molecule has 0 radical (unpaired) electrons. The zero-order valence-corrected chi connectivity index (χ0v) is 28.6. The smallest absolute Gasteiger partial charge is 0.266 e. The second-order valence-corrected chi connectivity index (χ2v) is 12.1. The first-order valence-electron chi connectivity index (χ1n) is 15.8. The second-order valence-electron chi connectivity index (χ2n) is 11.2. The number of nitrogens with zero attached hydrogens (tertiary/aromatic N) is 1. The van der Waals surface area contributed by atoms with Gasteiger partial charge >= 0.3 is 0 Å². The molecule has 0 aliphatic carbocycles. The van der Waals surface area contributed by atoms with Crippen molar-refractivity contribution in [2.24, 2.45) is 4.99 Å². The van der Waals surface area contributed by atoms with Gasteiger partial charge in [-0.25, -0.2) is 10.4 Å². The van der Waals surface area contributed by atoms with Crippen molar-refractivity contribution in [3.8, 4) is 17.2 Å². The van der Waals surface area contributed by atoms with Gasteiger partial charge < -0.3 is 24.1 Å². The first-order chi connectivity index (χ1) is 23.5. The van der Waals surface area contributed by atoms with Crippen LogP contribution in [0.3, 0.4) is 0 Å². The van der Waals surface area contributed by atoms with E-state index in [1.807, 2.05) is 109 Å². The third kappa shape index (κ3) is 8.63. The molecule has 48 heavy (non-hydrogen) atoms. The van der Waals surface area contributed by atoms with Crippen LogP contribution in [0.1, 0.15) is 41.2 Å². The quantitative estimate of drug-likeness (QED) is 0.0904. The number of hydrazine groups is 1. The van der Waals surface area contributed by atoms with E-state index in [4.69, 9.17) is 29.0 Å². The van der Waals surface area contributed by atoms with E-state index in [1.165, 1.54) is 0 Å². The maximum Gasteiger partial charge on any atom is 0.266 e. The van der Waals surface area contributed by atoms with E-state index in [0.717, 1.165) is 26.7 Å². The highest BCUT2D eigenvalue weighted by Crippen LogP contribution is 2.43. The van der Waals surface area contributed by atoms with Gasteiger partial charge in [-0.3, -0.25) is 10.2 Å². The Labute approximate surface area is 289 Å². The lowest BCUT2D eigenvalue weighted by Gasteiger charge is -2.30. The highest BCUT2D eigenvalue weighted by molar-refractivity contribution is 9.10. The molecule has 10 heteroatoms. The van der Waals surface area contributed by atoms with E-state index in [2.05, 4.69) is 26.8 Å². The molecule has 4 aromatic carbocycles. The number of methoxy groups -OCH3 is 2. The van der Waals surface area contributed by atoms with Crippen molar-refractivity contribution in [2.75, 3.05) is 34.0 Å². The molecule has 9 nitrogen and oxygen atoms in total. The number of aliphatic imine (C=N–C) groups is 1. The van der Waals surface area contributed by atoms with Crippen molar-refractivity contribution >= 4 is 33.8 Å². The Morgan fingerprint density at radius 1 is 0.979 bits per heavy atom. The van der Waals surface area contributed by atoms with Crippen LogP contribution in [-0.2, 0) is 16.0 Å². The average Bonchev–Trinajstić information content (AvgIpc) is 3.51. The molecule has 0 unspecified atom stereocenters. The average molecular weight is 715 g/mol. The van der Waals surface area contributed by atoms with Crippen LogP contribution in [0.5, 0.6) is 17.2 Å². The van der Waals surface area contributed by atoms with Crippen LogP contribution in [0, 0.1) is 0 Å². The number of benzene rings is 4. The predicted octanol–water partition coefficient (Wildman–Crippen LogP) is 6.45. The number of hydrogen-bond acceptors (Lipinski definition) is 8. The number of nitrogens with one attached hydrogen (secondary N) is 2. The summed E-state index contributed by atoms with van der Waals surface area (Å²) in [6, 6.07) is 30.8. The predicted molar refractivity (Wildman–Crippen MR) is 190 cm³/mol. The van der Waals surface area contributed by atoms with Gasteiger partial charge in [-0.15, -0.1) is 0 Å². The molecule has 3 N–H and O–H groups in total. The molecule has 0 saturated carbocycles. The maximum absolute atomic E-state index is 14.4. The summed E-state index contributed by atoms with van der Waals surface area (Å²) in [6.07, 6.45) is 4.70. The van der Waals surface area contributed by atoms with E-state index in [1.54, 1.807) is 14.2 Å². The summed E-state index contributed by atoms with van der Waals surface area (Å²) in [5.74, 6) is 2.02. The van der Waals surface area contributed by atoms with Gasteiger partial charge in [-0.2, -0.15) is 0 Å². The fourth-order valence-corrected chi connectivity index (χ4v) is 5.65. The highest BCUT2D eigenvalue weighted by Gasteiger charge is 2.52. The van der Waals surface area contributed by atoms with Crippen molar-refractivity contribution in [3.05, 3.63) is 130 Å². The van der Waals surface area contributed by atoms with Gasteiger partial charge in [0.1, 0.15) is 5.75 Å². The molecule has 250 valence electrons. The van der Waals surface area contributed by atoms with Gasteiger partial charge in [0.25, 0.3) is 5.91 Å². The molecule has 0 saturated heterocycles. The zero-order valence-electron chi connectivity index (χ0n) is 27.0. The standard InChI is InChI=1S/C38H40BrN3O6/c1-45-33-20-11-28(26-34(33)46-2)21-23-40-42-37(44)38(22-6-10-27-8-4-3-5-9-27)35(29-12-16-31(39)17-13-29)48-36(41-38)30-14-18-32(19-15-30)47-25-7-24-43/h3-6,8-20,26,35,40,43H,7,21-25H2,1-2H3,(H,42,44)/b10-6+/t35-,38-/m0/s1. The monoisotopic (exact) mass is 713 g/mol. The van der Waals surface area contributed by atoms with E-state index < -0.39 is 11.6 Å². The van der Waals surface area contributed by atoms with Crippen molar-refractivity contribution in [1.82, 2.24) is 10.9 Å². The van der Waals surface area contributed by atoms with Crippen LogP contribution in [0.15, 0.2) is 113 Å². The Morgan fingerprint density at radius 2 is 1.73 bits per heavy atom. The fourth-order valence-electron chi connectivity index (χ4n) is 5.39. The summed E-state index contributed by atoms with van der Waals surface area (Å²) in [7, 11) is 3.21. The van der Waals surface area contributed by atoms with Crippen LogP contribution >= 0.6 is 15.9 Å². The number of rotatable bonds is 16. The van der Waals surface area contributed by atoms with Crippen LogP contribution in [0.4, 0.5) is 0 Å². The number of aliphatic hydroxyl groups is 1. The lowest BCUT2D eigenvalue weighted by Crippen LogP contribution is -2.52. The fraction of sp³-hybridized carbons (Fsp3) is 0.263. The summed E-state index contributed by atoms with van der Waals surface area (Å²) in [4.78, 5) is 19.4. The van der Waals surface area contributed by atoms with Gasteiger partial charge in [0.2, 0.25) is 5.90 Å². The molecule has 1 aliphatic heterocycles. The lowest BCUT2D eigenvalue weighted by atomic mass is 9.84. The van der Waals surface area contributed by atoms with Crippen molar-refractivity contribution in [2.45, 2.75) is 30.9 Å². The largest absolute Gasteiger partial charge is 0.494 e. The molecule has 1 aliphatic rings. The van der Waals surface area contributed by atoms with Crippen molar-refractivity contribution in [3.63, 3.8) is 0 Å². The molecular weight excluding hydrogens is 674 g/mol. The van der Waals surface area contributed by atoms with Crippen LogP contribution in [-0.4, -0.2) is 56.4 Å².